The number of H-pyrrole nitrogens is 1. The van der Waals surface area contributed by atoms with E-state index in [4.69, 9.17) is 10.1 Å². The predicted octanol–water partition coefficient (Wildman–Crippen LogP) is 2.77. The van der Waals surface area contributed by atoms with Crippen molar-refractivity contribution in [3.63, 3.8) is 0 Å². The summed E-state index contributed by atoms with van der Waals surface area (Å²) >= 11 is 0. The summed E-state index contributed by atoms with van der Waals surface area (Å²) in [5.74, 6) is 1.25. The van der Waals surface area contributed by atoms with Gasteiger partial charge in [0.25, 0.3) is 0 Å². The molecule has 3 rings (SSSR count). The van der Waals surface area contributed by atoms with Gasteiger partial charge in [0, 0.05) is 30.8 Å². The third-order valence-corrected chi connectivity index (χ3v) is 4.23. The summed E-state index contributed by atoms with van der Waals surface area (Å²) < 4.78 is 34.1. The molecule has 0 amide bonds. The lowest BCUT2D eigenvalue weighted by atomic mass is 9.95. The van der Waals surface area contributed by atoms with Crippen LogP contribution in [-0.2, 0) is 4.74 Å². The van der Waals surface area contributed by atoms with Crippen LogP contribution in [-0.4, -0.2) is 52.2 Å². The number of nitrogens with zero attached hydrogens (tertiary/aromatic N) is 3. The van der Waals surface area contributed by atoms with Gasteiger partial charge in [-0.05, 0) is 19.8 Å². The van der Waals surface area contributed by atoms with E-state index in [0.29, 0.717) is 35.7 Å². The standard InChI is InChI=1S/C16H21F2N7O2/c1-9(10-3-2-4-26-8-10)21-15-11(6-19)20-7-13(23-15)22-12-5-14(25-24-12)27-16(17)18/h5-7,9-10,16,19H,2-4,8H2,1H3,(H3,21,22,23,24,25)/t9-,10-/m1/s1. The van der Waals surface area contributed by atoms with Gasteiger partial charge >= 0.3 is 6.61 Å². The molecule has 0 aromatic carbocycles. The number of hydrogen-bond donors (Lipinski definition) is 4. The average Bonchev–Trinajstić information content (AvgIpc) is 3.08. The molecule has 3 heterocycles. The summed E-state index contributed by atoms with van der Waals surface area (Å²) in [7, 11) is 0. The zero-order valence-corrected chi connectivity index (χ0v) is 14.7. The normalized spacial score (nSPS) is 18.1. The molecule has 11 heteroatoms. The molecule has 2 aromatic rings. The summed E-state index contributed by atoms with van der Waals surface area (Å²) in [6, 6.07) is 1.37. The molecule has 4 N–H and O–H groups in total. The lowest BCUT2D eigenvalue weighted by molar-refractivity contribution is -0.0528. The number of ether oxygens (including phenoxy) is 2. The number of hydrogen-bond acceptors (Lipinski definition) is 8. The molecule has 1 fully saturated rings. The van der Waals surface area contributed by atoms with E-state index in [9.17, 15) is 8.78 Å². The summed E-state index contributed by atoms with van der Waals surface area (Å²) in [6.07, 6.45) is 4.63. The largest absolute Gasteiger partial charge is 0.415 e. The fourth-order valence-electron chi connectivity index (χ4n) is 2.82. The molecule has 9 nitrogen and oxygen atoms in total. The summed E-state index contributed by atoms with van der Waals surface area (Å²) in [4.78, 5) is 8.63. The van der Waals surface area contributed by atoms with E-state index in [1.165, 1.54) is 12.3 Å². The predicted molar refractivity (Wildman–Crippen MR) is 95.0 cm³/mol. The van der Waals surface area contributed by atoms with Crippen molar-refractivity contribution in [1.29, 1.82) is 5.41 Å². The molecule has 1 saturated heterocycles. The van der Waals surface area contributed by atoms with Gasteiger partial charge in [0.15, 0.2) is 11.6 Å². The van der Waals surface area contributed by atoms with Gasteiger partial charge in [0.2, 0.25) is 5.88 Å². The van der Waals surface area contributed by atoms with Gasteiger partial charge in [-0.25, -0.2) is 9.97 Å². The van der Waals surface area contributed by atoms with E-state index in [1.807, 2.05) is 6.92 Å². The van der Waals surface area contributed by atoms with Gasteiger partial charge in [-0.3, -0.25) is 5.10 Å². The fourth-order valence-corrected chi connectivity index (χ4v) is 2.82. The average molecular weight is 381 g/mol. The summed E-state index contributed by atoms with van der Waals surface area (Å²) in [5, 5.41) is 19.8. The number of alkyl halides is 2. The van der Waals surface area contributed by atoms with Crippen LogP contribution in [0, 0.1) is 11.3 Å². The molecule has 0 unspecified atom stereocenters. The van der Waals surface area contributed by atoms with Crippen molar-refractivity contribution < 1.29 is 18.3 Å². The Bertz CT molecular complexity index is 765. The van der Waals surface area contributed by atoms with Crippen molar-refractivity contribution in [3.05, 3.63) is 18.0 Å². The van der Waals surface area contributed by atoms with Crippen LogP contribution in [0.1, 0.15) is 25.5 Å². The van der Waals surface area contributed by atoms with E-state index in [0.717, 1.165) is 25.7 Å². The molecule has 0 bridgehead atoms. The SMILES string of the molecule is C[C@@H](Nc1nc(Nc2cc(OC(F)F)n[nH]2)cnc1C=N)[C@@H]1CCCOC1. The third kappa shape index (κ3) is 5.09. The van der Waals surface area contributed by atoms with Gasteiger partial charge in [0.1, 0.15) is 11.5 Å². The van der Waals surface area contributed by atoms with E-state index in [-0.39, 0.29) is 11.9 Å². The van der Waals surface area contributed by atoms with E-state index in [2.05, 4.69) is 35.5 Å². The Labute approximate surface area is 154 Å². The van der Waals surface area contributed by atoms with Crippen molar-refractivity contribution in [3.8, 4) is 5.88 Å². The highest BCUT2D eigenvalue weighted by Crippen LogP contribution is 2.23. The van der Waals surface area contributed by atoms with Crippen LogP contribution < -0.4 is 15.4 Å². The first kappa shape index (κ1) is 19.0. The molecule has 27 heavy (non-hydrogen) atoms. The lowest BCUT2D eigenvalue weighted by Gasteiger charge is -2.29. The van der Waals surface area contributed by atoms with Gasteiger partial charge in [-0.15, -0.1) is 5.10 Å². The molecule has 0 spiro atoms. The smallest absolute Gasteiger partial charge is 0.388 e. The fraction of sp³-hybridized carbons (Fsp3) is 0.500. The zero-order chi connectivity index (χ0) is 19.2. The van der Waals surface area contributed by atoms with Crippen LogP contribution in [0.25, 0.3) is 0 Å². The monoisotopic (exact) mass is 381 g/mol. The number of rotatable bonds is 8. The number of aromatic nitrogens is 4. The van der Waals surface area contributed by atoms with Crippen molar-refractivity contribution in [2.24, 2.45) is 5.92 Å². The maximum atomic E-state index is 12.2. The first-order valence-corrected chi connectivity index (χ1v) is 8.54. The molecule has 0 saturated carbocycles. The number of nitrogens with one attached hydrogen (secondary N) is 4. The van der Waals surface area contributed by atoms with Crippen LogP contribution in [0.15, 0.2) is 12.3 Å². The molecule has 2 atom stereocenters. The number of halogens is 2. The maximum Gasteiger partial charge on any atom is 0.388 e. The highest BCUT2D eigenvalue weighted by molar-refractivity contribution is 5.82. The second kappa shape index (κ2) is 8.71. The third-order valence-electron chi connectivity index (χ3n) is 4.23. The molecular weight excluding hydrogens is 360 g/mol. The second-order valence-electron chi connectivity index (χ2n) is 6.17. The highest BCUT2D eigenvalue weighted by Gasteiger charge is 2.22. The van der Waals surface area contributed by atoms with Crippen molar-refractivity contribution in [2.45, 2.75) is 32.4 Å². The summed E-state index contributed by atoms with van der Waals surface area (Å²) in [5.41, 5.74) is 0.399. The molecular formula is C16H21F2N7O2. The second-order valence-corrected chi connectivity index (χ2v) is 6.17. The molecule has 2 aromatic heterocycles. The van der Waals surface area contributed by atoms with Gasteiger partial charge < -0.3 is 25.5 Å². The molecule has 1 aliphatic rings. The summed E-state index contributed by atoms with van der Waals surface area (Å²) in [6.45, 7) is 0.558. The van der Waals surface area contributed by atoms with E-state index in [1.54, 1.807) is 0 Å². The number of anilines is 3. The first-order valence-electron chi connectivity index (χ1n) is 8.54. The molecule has 0 radical (unpaired) electrons. The van der Waals surface area contributed by atoms with Gasteiger partial charge in [-0.2, -0.15) is 8.78 Å². The molecule has 146 valence electrons. The zero-order valence-electron chi connectivity index (χ0n) is 14.7. The Morgan fingerprint density at radius 1 is 1.48 bits per heavy atom. The Morgan fingerprint density at radius 2 is 2.33 bits per heavy atom. The Morgan fingerprint density at radius 3 is 3.04 bits per heavy atom. The van der Waals surface area contributed by atoms with Crippen LogP contribution in [0.3, 0.4) is 0 Å². The highest BCUT2D eigenvalue weighted by atomic mass is 19.3. The Hall–Kier alpha value is -2.82. The quantitative estimate of drug-likeness (QED) is 0.519. The maximum absolute atomic E-state index is 12.2. The van der Waals surface area contributed by atoms with Crippen LogP contribution in [0.2, 0.25) is 0 Å². The van der Waals surface area contributed by atoms with Gasteiger partial charge in [-0.1, -0.05) is 0 Å². The molecule has 0 aliphatic carbocycles. The van der Waals surface area contributed by atoms with E-state index >= 15 is 0 Å². The topological polar surface area (TPSA) is 121 Å². The van der Waals surface area contributed by atoms with Crippen LogP contribution >= 0.6 is 0 Å². The first-order chi connectivity index (χ1) is 13.0. The Kier molecular flexibility index (Phi) is 6.12. The van der Waals surface area contributed by atoms with Crippen molar-refractivity contribution >= 4 is 23.7 Å². The number of aromatic amines is 1. The molecule has 1 aliphatic heterocycles. The van der Waals surface area contributed by atoms with Crippen LogP contribution in [0.4, 0.5) is 26.2 Å². The minimum Gasteiger partial charge on any atom is -0.415 e. The minimum atomic E-state index is -2.95. The van der Waals surface area contributed by atoms with E-state index < -0.39 is 6.61 Å². The van der Waals surface area contributed by atoms with Crippen LogP contribution in [0.5, 0.6) is 5.88 Å². The van der Waals surface area contributed by atoms with Gasteiger partial charge in [0.05, 0.1) is 12.8 Å². The van der Waals surface area contributed by atoms with Crippen molar-refractivity contribution in [1.82, 2.24) is 20.2 Å². The minimum absolute atomic E-state index is 0.0896. The van der Waals surface area contributed by atoms with Crippen molar-refractivity contribution in [2.75, 3.05) is 23.8 Å². The lowest BCUT2D eigenvalue weighted by Crippen LogP contribution is -2.33. The Balaban J connectivity index is 1.70.